The highest BCUT2D eigenvalue weighted by atomic mass is 15.3. The van der Waals surface area contributed by atoms with Crippen LogP contribution in [-0.4, -0.2) is 28.6 Å². The molecule has 1 aliphatic rings. The molecular weight excluding hydrogens is 188 g/mol. The molecule has 2 heterocycles. The van der Waals surface area contributed by atoms with Crippen LogP contribution in [0.25, 0.3) is 0 Å². The zero-order chi connectivity index (χ0) is 11.0. The van der Waals surface area contributed by atoms with Gasteiger partial charge in [0, 0.05) is 24.8 Å². The SMILES string of the molecule is Cc1cnc(C)c(N2CCC(N)C2C)n1. The molecule has 0 aromatic carbocycles. The maximum absolute atomic E-state index is 6.00. The van der Waals surface area contributed by atoms with Gasteiger partial charge in [0.2, 0.25) is 0 Å². The van der Waals surface area contributed by atoms with Gasteiger partial charge >= 0.3 is 0 Å². The van der Waals surface area contributed by atoms with Crippen LogP contribution in [0.3, 0.4) is 0 Å². The lowest BCUT2D eigenvalue weighted by Gasteiger charge is -2.25. The zero-order valence-electron chi connectivity index (χ0n) is 9.57. The molecule has 82 valence electrons. The average molecular weight is 206 g/mol. The fourth-order valence-corrected chi connectivity index (χ4v) is 2.06. The molecule has 0 saturated carbocycles. The Balaban J connectivity index is 2.33. The number of nitrogens with two attached hydrogens (primary N) is 1. The van der Waals surface area contributed by atoms with Gasteiger partial charge in [-0.05, 0) is 27.2 Å². The molecule has 4 heteroatoms. The van der Waals surface area contributed by atoms with E-state index in [-0.39, 0.29) is 6.04 Å². The zero-order valence-corrected chi connectivity index (χ0v) is 9.57. The molecule has 1 aromatic heterocycles. The Kier molecular flexibility index (Phi) is 2.61. The van der Waals surface area contributed by atoms with Gasteiger partial charge < -0.3 is 10.6 Å². The van der Waals surface area contributed by atoms with Crippen molar-refractivity contribution in [2.45, 2.75) is 39.3 Å². The highest BCUT2D eigenvalue weighted by Crippen LogP contribution is 2.24. The summed E-state index contributed by atoms with van der Waals surface area (Å²) in [6.45, 7) is 7.11. The van der Waals surface area contributed by atoms with Gasteiger partial charge in [-0.3, -0.25) is 4.98 Å². The van der Waals surface area contributed by atoms with Crippen LogP contribution in [-0.2, 0) is 0 Å². The Morgan fingerprint density at radius 3 is 2.80 bits per heavy atom. The number of nitrogens with zero attached hydrogens (tertiary/aromatic N) is 3. The Bertz CT molecular complexity index is 364. The van der Waals surface area contributed by atoms with Gasteiger partial charge in [0.15, 0.2) is 5.82 Å². The Labute approximate surface area is 90.5 Å². The lowest BCUT2D eigenvalue weighted by atomic mass is 10.2. The average Bonchev–Trinajstić information content (AvgIpc) is 2.52. The third-order valence-electron chi connectivity index (χ3n) is 3.14. The van der Waals surface area contributed by atoms with Crippen LogP contribution in [0.4, 0.5) is 5.82 Å². The molecule has 15 heavy (non-hydrogen) atoms. The van der Waals surface area contributed by atoms with E-state index >= 15 is 0 Å². The molecule has 1 fully saturated rings. The molecule has 1 aromatic rings. The predicted molar refractivity (Wildman–Crippen MR) is 60.9 cm³/mol. The van der Waals surface area contributed by atoms with Crippen LogP contribution in [0.2, 0.25) is 0 Å². The molecular formula is C11H18N4. The number of hydrogen-bond acceptors (Lipinski definition) is 4. The second kappa shape index (κ2) is 3.77. The van der Waals surface area contributed by atoms with E-state index in [2.05, 4.69) is 21.8 Å². The summed E-state index contributed by atoms with van der Waals surface area (Å²) in [7, 11) is 0. The largest absolute Gasteiger partial charge is 0.351 e. The van der Waals surface area contributed by atoms with Crippen LogP contribution >= 0.6 is 0 Å². The summed E-state index contributed by atoms with van der Waals surface area (Å²) >= 11 is 0. The maximum atomic E-state index is 6.00. The number of aromatic nitrogens is 2. The van der Waals surface area contributed by atoms with E-state index in [9.17, 15) is 0 Å². The van der Waals surface area contributed by atoms with Gasteiger partial charge in [-0.25, -0.2) is 4.98 Å². The van der Waals surface area contributed by atoms with Crippen LogP contribution in [0.5, 0.6) is 0 Å². The van der Waals surface area contributed by atoms with E-state index in [0.717, 1.165) is 30.2 Å². The fourth-order valence-electron chi connectivity index (χ4n) is 2.06. The van der Waals surface area contributed by atoms with E-state index < -0.39 is 0 Å². The first kappa shape index (κ1) is 10.4. The minimum absolute atomic E-state index is 0.256. The lowest BCUT2D eigenvalue weighted by molar-refractivity contribution is 0.620. The summed E-state index contributed by atoms with van der Waals surface area (Å²) < 4.78 is 0. The van der Waals surface area contributed by atoms with Gasteiger partial charge in [-0.2, -0.15) is 0 Å². The molecule has 4 nitrogen and oxygen atoms in total. The van der Waals surface area contributed by atoms with E-state index in [4.69, 9.17) is 5.73 Å². The third kappa shape index (κ3) is 1.81. The Hall–Kier alpha value is -1.16. The van der Waals surface area contributed by atoms with E-state index in [0.29, 0.717) is 6.04 Å². The second-order valence-corrected chi connectivity index (χ2v) is 4.31. The van der Waals surface area contributed by atoms with Crippen LogP contribution in [0.15, 0.2) is 6.20 Å². The van der Waals surface area contributed by atoms with Crippen LogP contribution in [0.1, 0.15) is 24.7 Å². The smallest absolute Gasteiger partial charge is 0.150 e. The first-order chi connectivity index (χ1) is 7.09. The fraction of sp³-hybridized carbons (Fsp3) is 0.636. The summed E-state index contributed by atoms with van der Waals surface area (Å²) in [6.07, 6.45) is 2.84. The van der Waals surface area contributed by atoms with Crippen molar-refractivity contribution < 1.29 is 0 Å². The maximum Gasteiger partial charge on any atom is 0.150 e. The summed E-state index contributed by atoms with van der Waals surface area (Å²) in [5.74, 6) is 0.996. The van der Waals surface area contributed by atoms with Gasteiger partial charge in [0.25, 0.3) is 0 Å². The third-order valence-corrected chi connectivity index (χ3v) is 3.14. The monoisotopic (exact) mass is 206 g/mol. The lowest BCUT2D eigenvalue weighted by Crippen LogP contribution is -2.37. The summed E-state index contributed by atoms with van der Waals surface area (Å²) in [5.41, 5.74) is 7.95. The number of rotatable bonds is 1. The van der Waals surface area contributed by atoms with Crippen molar-refractivity contribution in [2.75, 3.05) is 11.4 Å². The Morgan fingerprint density at radius 1 is 1.47 bits per heavy atom. The van der Waals surface area contributed by atoms with E-state index in [1.807, 2.05) is 13.8 Å². The topological polar surface area (TPSA) is 55.0 Å². The molecule has 0 amide bonds. The minimum atomic E-state index is 0.256. The van der Waals surface area contributed by atoms with Gasteiger partial charge in [-0.15, -0.1) is 0 Å². The second-order valence-electron chi connectivity index (χ2n) is 4.31. The van der Waals surface area contributed by atoms with Crippen molar-refractivity contribution in [3.63, 3.8) is 0 Å². The number of hydrogen-bond donors (Lipinski definition) is 1. The quantitative estimate of drug-likeness (QED) is 0.745. The van der Waals surface area contributed by atoms with Crippen molar-refractivity contribution in [3.05, 3.63) is 17.6 Å². The molecule has 0 radical (unpaired) electrons. The van der Waals surface area contributed by atoms with Crippen molar-refractivity contribution in [2.24, 2.45) is 5.73 Å². The van der Waals surface area contributed by atoms with E-state index in [1.54, 1.807) is 6.20 Å². The van der Waals surface area contributed by atoms with Gasteiger partial charge in [-0.1, -0.05) is 0 Å². The number of aryl methyl sites for hydroxylation is 2. The summed E-state index contributed by atoms with van der Waals surface area (Å²) in [5, 5.41) is 0. The molecule has 0 spiro atoms. The van der Waals surface area contributed by atoms with Crippen molar-refractivity contribution >= 4 is 5.82 Å². The highest BCUT2D eigenvalue weighted by molar-refractivity contribution is 5.46. The van der Waals surface area contributed by atoms with Gasteiger partial charge in [0.1, 0.15) is 0 Å². The first-order valence-electron chi connectivity index (χ1n) is 5.42. The molecule has 2 unspecified atom stereocenters. The predicted octanol–water partition coefficient (Wildman–Crippen LogP) is 1.02. The van der Waals surface area contributed by atoms with Crippen LogP contribution < -0.4 is 10.6 Å². The molecule has 2 N–H and O–H groups in total. The molecule has 1 aliphatic heterocycles. The summed E-state index contributed by atoms with van der Waals surface area (Å²) in [6, 6.07) is 0.617. The van der Waals surface area contributed by atoms with E-state index in [1.165, 1.54) is 0 Å². The van der Waals surface area contributed by atoms with Crippen molar-refractivity contribution in [1.29, 1.82) is 0 Å². The highest BCUT2D eigenvalue weighted by Gasteiger charge is 2.29. The first-order valence-corrected chi connectivity index (χ1v) is 5.42. The van der Waals surface area contributed by atoms with Crippen molar-refractivity contribution in [3.8, 4) is 0 Å². The summed E-state index contributed by atoms with van der Waals surface area (Å²) in [4.78, 5) is 11.1. The minimum Gasteiger partial charge on any atom is -0.351 e. The molecule has 2 atom stereocenters. The molecule has 0 bridgehead atoms. The standard InChI is InChI=1S/C11H18N4/c1-7-6-13-8(2)11(14-7)15-5-4-10(12)9(15)3/h6,9-10H,4-5,12H2,1-3H3. The van der Waals surface area contributed by atoms with Crippen LogP contribution in [0, 0.1) is 13.8 Å². The molecule has 1 saturated heterocycles. The van der Waals surface area contributed by atoms with Gasteiger partial charge in [0.05, 0.1) is 11.4 Å². The number of anilines is 1. The Morgan fingerprint density at radius 2 is 2.20 bits per heavy atom. The molecule has 2 rings (SSSR count). The van der Waals surface area contributed by atoms with Crippen molar-refractivity contribution in [1.82, 2.24) is 9.97 Å². The molecule has 0 aliphatic carbocycles. The normalized spacial score (nSPS) is 26.0.